The molecule has 0 unspecified atom stereocenters. The fraction of sp³-hybridized carbons (Fsp3) is 0.500. The van der Waals surface area contributed by atoms with E-state index in [9.17, 15) is 23.9 Å². The Morgan fingerprint density at radius 1 is 1.24 bits per heavy atom. The van der Waals surface area contributed by atoms with Crippen LogP contribution in [0, 0.1) is 11.2 Å². The molecule has 0 aromatic heterocycles. The first-order valence-electron chi connectivity index (χ1n) is 8.54. The summed E-state index contributed by atoms with van der Waals surface area (Å²) in [6, 6.07) is 4.14. The van der Waals surface area contributed by atoms with Crippen molar-refractivity contribution in [3.8, 4) is 0 Å². The van der Waals surface area contributed by atoms with Crippen LogP contribution < -0.4 is 10.2 Å². The average Bonchev–Trinajstić information content (AvgIpc) is 3.19. The molecule has 2 fully saturated rings. The molecule has 0 spiro atoms. The molecule has 6 nitrogen and oxygen atoms in total. The molecule has 1 aliphatic carbocycles. The van der Waals surface area contributed by atoms with Crippen LogP contribution in [0.1, 0.15) is 44.9 Å². The first-order valence-corrected chi connectivity index (χ1v) is 8.54. The third kappa shape index (κ3) is 3.50. The van der Waals surface area contributed by atoms with Gasteiger partial charge < -0.3 is 15.3 Å². The maximum atomic E-state index is 14.0. The quantitative estimate of drug-likeness (QED) is 0.856. The van der Waals surface area contributed by atoms with Crippen LogP contribution in [0.5, 0.6) is 0 Å². The summed E-state index contributed by atoms with van der Waals surface area (Å²) in [5.74, 6) is -2.13. The number of carboxylic acid groups (broad SMARTS) is 1. The summed E-state index contributed by atoms with van der Waals surface area (Å²) in [6.07, 6.45) is 3.51. The summed E-state index contributed by atoms with van der Waals surface area (Å²) >= 11 is 0. The molecular formula is C18H21FN2O4. The van der Waals surface area contributed by atoms with Crippen LogP contribution in [0.25, 0.3) is 0 Å². The maximum absolute atomic E-state index is 14.0. The van der Waals surface area contributed by atoms with Crippen molar-refractivity contribution in [2.75, 3.05) is 16.8 Å². The summed E-state index contributed by atoms with van der Waals surface area (Å²) in [4.78, 5) is 37.2. The minimum Gasteiger partial charge on any atom is -0.481 e. The highest BCUT2D eigenvalue weighted by Crippen LogP contribution is 2.41. The molecule has 1 aliphatic heterocycles. The van der Waals surface area contributed by atoms with Gasteiger partial charge in [0.05, 0.1) is 11.1 Å². The number of hydrogen-bond donors (Lipinski definition) is 2. The first-order chi connectivity index (χ1) is 11.9. The average molecular weight is 348 g/mol. The van der Waals surface area contributed by atoms with E-state index >= 15 is 0 Å². The third-order valence-corrected chi connectivity index (χ3v) is 5.12. The number of nitrogens with one attached hydrogen (secondary N) is 1. The minimum absolute atomic E-state index is 0.0271. The van der Waals surface area contributed by atoms with Crippen LogP contribution in [-0.4, -0.2) is 29.4 Å². The van der Waals surface area contributed by atoms with Gasteiger partial charge in [-0.2, -0.15) is 0 Å². The molecule has 25 heavy (non-hydrogen) atoms. The van der Waals surface area contributed by atoms with E-state index in [0.717, 1.165) is 19.3 Å². The Balaban J connectivity index is 1.74. The zero-order valence-corrected chi connectivity index (χ0v) is 13.9. The van der Waals surface area contributed by atoms with E-state index in [2.05, 4.69) is 5.32 Å². The molecule has 0 radical (unpaired) electrons. The van der Waals surface area contributed by atoms with Gasteiger partial charge in [-0.05, 0) is 37.5 Å². The Bertz CT molecular complexity index is 713. The van der Waals surface area contributed by atoms with Crippen LogP contribution in [0.15, 0.2) is 18.2 Å². The highest BCUT2D eigenvalue weighted by atomic mass is 19.1. The number of halogens is 1. The van der Waals surface area contributed by atoms with Crippen molar-refractivity contribution in [2.24, 2.45) is 5.41 Å². The zero-order chi connectivity index (χ0) is 18.0. The molecular weight excluding hydrogens is 327 g/mol. The number of aliphatic carboxylic acids is 1. The molecule has 7 heteroatoms. The molecule has 2 N–H and O–H groups in total. The molecule has 2 amide bonds. The number of carbonyl (C=O) groups is 3. The monoisotopic (exact) mass is 348 g/mol. The van der Waals surface area contributed by atoms with Gasteiger partial charge in [0, 0.05) is 25.1 Å². The molecule has 1 heterocycles. The van der Waals surface area contributed by atoms with E-state index in [4.69, 9.17) is 0 Å². The van der Waals surface area contributed by atoms with Gasteiger partial charge in [0.15, 0.2) is 0 Å². The molecule has 0 bridgehead atoms. The molecule has 1 aromatic carbocycles. The fourth-order valence-electron chi connectivity index (χ4n) is 3.72. The van der Waals surface area contributed by atoms with Crippen molar-refractivity contribution in [3.63, 3.8) is 0 Å². The summed E-state index contributed by atoms with van der Waals surface area (Å²) in [7, 11) is 0. The van der Waals surface area contributed by atoms with Crippen molar-refractivity contribution in [1.82, 2.24) is 0 Å². The van der Waals surface area contributed by atoms with Crippen molar-refractivity contribution < 1.29 is 23.9 Å². The predicted octanol–water partition coefficient (Wildman–Crippen LogP) is 2.93. The van der Waals surface area contributed by atoms with Crippen molar-refractivity contribution in [3.05, 3.63) is 24.0 Å². The number of anilines is 2. The van der Waals surface area contributed by atoms with E-state index in [1.54, 1.807) is 4.90 Å². The van der Waals surface area contributed by atoms with Gasteiger partial charge in [-0.15, -0.1) is 0 Å². The van der Waals surface area contributed by atoms with Gasteiger partial charge in [0.2, 0.25) is 11.8 Å². The summed E-state index contributed by atoms with van der Waals surface area (Å²) in [5.41, 5.74) is -0.544. The lowest BCUT2D eigenvalue weighted by molar-refractivity contribution is -0.150. The first kappa shape index (κ1) is 17.4. The van der Waals surface area contributed by atoms with Crippen LogP contribution in [0.4, 0.5) is 15.8 Å². The van der Waals surface area contributed by atoms with Crippen LogP contribution in [-0.2, 0) is 14.4 Å². The number of hydrogen-bond acceptors (Lipinski definition) is 3. The molecule has 1 saturated heterocycles. The van der Waals surface area contributed by atoms with Gasteiger partial charge in [0.25, 0.3) is 0 Å². The smallest absolute Gasteiger partial charge is 0.310 e. The second kappa shape index (κ2) is 6.82. The summed E-state index contributed by atoms with van der Waals surface area (Å²) < 4.78 is 14.0. The van der Waals surface area contributed by atoms with Crippen molar-refractivity contribution in [2.45, 2.75) is 44.9 Å². The molecule has 3 rings (SSSR count). The van der Waals surface area contributed by atoms with Gasteiger partial charge in [0.1, 0.15) is 5.82 Å². The van der Waals surface area contributed by atoms with Crippen LogP contribution in [0.2, 0.25) is 0 Å². The Hall–Kier alpha value is -2.44. The lowest BCUT2D eigenvalue weighted by Crippen LogP contribution is -2.33. The van der Waals surface area contributed by atoms with Gasteiger partial charge in [-0.1, -0.05) is 12.8 Å². The van der Waals surface area contributed by atoms with Crippen LogP contribution >= 0.6 is 0 Å². The Labute approximate surface area is 145 Å². The van der Waals surface area contributed by atoms with Gasteiger partial charge in [-0.25, -0.2) is 4.39 Å². The lowest BCUT2D eigenvalue weighted by atomic mass is 9.82. The van der Waals surface area contributed by atoms with Crippen molar-refractivity contribution >= 4 is 29.2 Å². The Kier molecular flexibility index (Phi) is 4.74. The largest absolute Gasteiger partial charge is 0.481 e. The second-order valence-corrected chi connectivity index (χ2v) is 6.83. The number of benzene rings is 1. The third-order valence-electron chi connectivity index (χ3n) is 5.12. The van der Waals surface area contributed by atoms with E-state index in [1.807, 2.05) is 0 Å². The maximum Gasteiger partial charge on any atom is 0.310 e. The van der Waals surface area contributed by atoms with E-state index in [1.165, 1.54) is 18.2 Å². The minimum atomic E-state index is -1.05. The van der Waals surface area contributed by atoms with Gasteiger partial charge in [-0.3, -0.25) is 14.4 Å². The normalized spacial score (nSPS) is 19.2. The summed E-state index contributed by atoms with van der Waals surface area (Å²) in [5, 5.41) is 11.9. The molecule has 0 atom stereocenters. The zero-order valence-electron chi connectivity index (χ0n) is 13.9. The van der Waals surface area contributed by atoms with E-state index < -0.39 is 23.1 Å². The SMILES string of the molecule is O=C(CC1(C(=O)O)CCCC1)Nc1cc(N2CCCC2=O)ccc1F. The number of carbonyl (C=O) groups excluding carboxylic acids is 2. The number of carboxylic acids is 1. The van der Waals surface area contributed by atoms with E-state index in [0.29, 0.717) is 31.5 Å². The number of amides is 2. The van der Waals surface area contributed by atoms with Crippen molar-refractivity contribution in [1.29, 1.82) is 0 Å². The molecule has 1 aromatic rings. The Morgan fingerprint density at radius 2 is 1.96 bits per heavy atom. The second-order valence-electron chi connectivity index (χ2n) is 6.83. The topological polar surface area (TPSA) is 86.7 Å². The molecule has 134 valence electrons. The van der Waals surface area contributed by atoms with Crippen LogP contribution in [0.3, 0.4) is 0 Å². The molecule has 2 aliphatic rings. The lowest BCUT2D eigenvalue weighted by Gasteiger charge is -2.23. The highest BCUT2D eigenvalue weighted by Gasteiger charge is 2.43. The highest BCUT2D eigenvalue weighted by molar-refractivity contribution is 5.98. The van der Waals surface area contributed by atoms with E-state index in [-0.39, 0.29) is 18.0 Å². The van der Waals surface area contributed by atoms with Gasteiger partial charge >= 0.3 is 5.97 Å². The number of rotatable bonds is 5. The summed E-state index contributed by atoms with van der Waals surface area (Å²) in [6.45, 7) is 0.569. The standard InChI is InChI=1S/C18H21FN2O4/c19-13-6-5-12(21-9-3-4-16(21)23)10-14(13)20-15(22)11-18(17(24)25)7-1-2-8-18/h5-6,10H,1-4,7-9,11H2,(H,20,22)(H,24,25). The Morgan fingerprint density at radius 3 is 2.56 bits per heavy atom. The predicted molar refractivity (Wildman–Crippen MR) is 89.8 cm³/mol. The number of nitrogens with zero attached hydrogens (tertiary/aromatic N) is 1. The fourth-order valence-corrected chi connectivity index (χ4v) is 3.72. The molecule has 1 saturated carbocycles.